The molecule has 1 aliphatic rings. The van der Waals surface area contributed by atoms with E-state index in [2.05, 4.69) is 15.2 Å². The summed E-state index contributed by atoms with van der Waals surface area (Å²) in [6.07, 6.45) is 0.796. The van der Waals surface area contributed by atoms with Crippen molar-refractivity contribution in [2.45, 2.75) is 12.5 Å². The molecule has 2 aromatic carbocycles. The number of aromatic nitrogens is 2. The normalized spacial score (nSPS) is 19.3. The summed E-state index contributed by atoms with van der Waals surface area (Å²) in [5.74, 6) is 0.811. The summed E-state index contributed by atoms with van der Waals surface area (Å²) in [4.78, 5) is 22.6. The molecule has 5 nitrogen and oxygen atoms in total. The van der Waals surface area contributed by atoms with Gasteiger partial charge in [0.2, 0.25) is 0 Å². The molecular formula is C20H19ClN4O. The zero-order chi connectivity index (χ0) is 17.9. The highest BCUT2D eigenvalue weighted by Gasteiger charge is 2.31. The van der Waals surface area contributed by atoms with Crippen molar-refractivity contribution >= 4 is 28.5 Å². The lowest BCUT2D eigenvalue weighted by atomic mass is 10.1. The largest absolute Gasteiger partial charge is 0.341 e. The third kappa shape index (κ3) is 3.36. The number of hydrogen-bond acceptors (Lipinski definition) is 3. The predicted octanol–water partition coefficient (Wildman–Crippen LogP) is 3.82. The highest BCUT2D eigenvalue weighted by Crippen LogP contribution is 2.34. The molecule has 1 amide bonds. The number of nitrogens with one attached hydrogen (secondary N) is 2. The van der Waals surface area contributed by atoms with Gasteiger partial charge in [0, 0.05) is 17.6 Å². The molecule has 0 aliphatic carbocycles. The summed E-state index contributed by atoms with van der Waals surface area (Å²) in [5.41, 5.74) is 5.37. The molecule has 1 saturated heterocycles. The fourth-order valence-corrected chi connectivity index (χ4v) is 3.48. The molecule has 0 radical (unpaired) electrons. The van der Waals surface area contributed by atoms with Crippen molar-refractivity contribution in [1.29, 1.82) is 0 Å². The summed E-state index contributed by atoms with van der Waals surface area (Å²) in [5, 5.41) is 2.99. The van der Waals surface area contributed by atoms with Crippen molar-refractivity contribution in [2.75, 3.05) is 13.2 Å². The molecule has 2 heterocycles. The first-order chi connectivity index (χ1) is 12.7. The number of likely N-dealkylation sites (tertiary alicyclic amines) is 1. The summed E-state index contributed by atoms with van der Waals surface area (Å²) in [6, 6.07) is 17.2. The maximum atomic E-state index is 12.3. The lowest BCUT2D eigenvalue weighted by molar-refractivity contribution is 0.0917. The third-order valence-electron chi connectivity index (χ3n) is 4.66. The fourth-order valence-electron chi connectivity index (χ4n) is 3.32. The lowest BCUT2D eigenvalue weighted by Gasteiger charge is -2.22. The van der Waals surface area contributed by atoms with Gasteiger partial charge in [-0.3, -0.25) is 9.69 Å². The molecule has 6 heteroatoms. The molecule has 1 aromatic heterocycles. The van der Waals surface area contributed by atoms with Crippen LogP contribution in [0.2, 0.25) is 0 Å². The summed E-state index contributed by atoms with van der Waals surface area (Å²) in [6.45, 7) is 1.14. The molecular weight excluding hydrogens is 348 g/mol. The quantitative estimate of drug-likeness (QED) is 0.737. The second-order valence-electron chi connectivity index (χ2n) is 6.40. The monoisotopic (exact) mass is 366 g/mol. The lowest BCUT2D eigenvalue weighted by Crippen LogP contribution is -2.37. The van der Waals surface area contributed by atoms with Crippen LogP contribution in [0.1, 0.15) is 28.6 Å². The molecule has 2 N–H and O–H groups in total. The van der Waals surface area contributed by atoms with Crippen molar-refractivity contribution in [1.82, 2.24) is 20.2 Å². The first kappa shape index (κ1) is 16.8. The Hall–Kier alpha value is -2.63. The topological polar surface area (TPSA) is 61.0 Å². The number of aromatic amines is 1. The SMILES string of the molecule is O=C(NCN1C/C(=C/Cl)C[C@H]1c1nc2ccccc2[nH]1)c1ccccc1. The van der Waals surface area contributed by atoms with Gasteiger partial charge in [-0.15, -0.1) is 0 Å². The van der Waals surface area contributed by atoms with Crippen LogP contribution in [0.15, 0.2) is 65.7 Å². The average molecular weight is 367 g/mol. The van der Waals surface area contributed by atoms with Crippen LogP contribution in [-0.2, 0) is 0 Å². The van der Waals surface area contributed by atoms with E-state index >= 15 is 0 Å². The molecule has 0 saturated carbocycles. The molecule has 1 aliphatic heterocycles. The number of carbonyl (C=O) groups is 1. The Bertz CT molecular complexity index is 918. The molecule has 3 aromatic rings. The summed E-state index contributed by atoms with van der Waals surface area (Å²) in [7, 11) is 0. The number of nitrogens with zero attached hydrogens (tertiary/aromatic N) is 2. The summed E-state index contributed by atoms with van der Waals surface area (Å²) >= 11 is 5.96. The highest BCUT2D eigenvalue weighted by molar-refractivity contribution is 6.25. The molecule has 0 unspecified atom stereocenters. The fraction of sp³-hybridized carbons (Fsp3) is 0.200. The molecule has 1 fully saturated rings. The molecule has 132 valence electrons. The van der Waals surface area contributed by atoms with Crippen LogP contribution in [0.4, 0.5) is 0 Å². The average Bonchev–Trinajstić information content (AvgIpc) is 3.30. The van der Waals surface area contributed by atoms with Gasteiger partial charge in [-0.1, -0.05) is 41.9 Å². The van der Waals surface area contributed by atoms with E-state index in [9.17, 15) is 4.79 Å². The maximum absolute atomic E-state index is 12.3. The van der Waals surface area contributed by atoms with Crippen LogP contribution in [0.25, 0.3) is 11.0 Å². The van der Waals surface area contributed by atoms with Crippen LogP contribution in [-0.4, -0.2) is 34.0 Å². The predicted molar refractivity (Wildman–Crippen MR) is 103 cm³/mol. The van der Waals surface area contributed by atoms with Gasteiger partial charge in [0.05, 0.1) is 23.7 Å². The number of carbonyl (C=O) groups excluding carboxylic acids is 1. The van der Waals surface area contributed by atoms with Crippen molar-refractivity contribution in [3.05, 3.63) is 77.1 Å². The van der Waals surface area contributed by atoms with E-state index in [1.54, 1.807) is 17.7 Å². The van der Waals surface area contributed by atoms with Gasteiger partial charge in [0.25, 0.3) is 5.91 Å². The van der Waals surface area contributed by atoms with Crippen LogP contribution < -0.4 is 5.32 Å². The first-order valence-corrected chi connectivity index (χ1v) is 8.98. The Kier molecular flexibility index (Phi) is 4.73. The Labute approximate surface area is 156 Å². The van der Waals surface area contributed by atoms with Gasteiger partial charge >= 0.3 is 0 Å². The Morgan fingerprint density at radius 1 is 1.23 bits per heavy atom. The van der Waals surface area contributed by atoms with Gasteiger partial charge in [-0.05, 0) is 36.3 Å². The standard InChI is InChI=1S/C20H19ClN4O/c21-11-14-10-18(19-23-16-8-4-5-9-17(16)24-19)25(12-14)13-22-20(26)15-6-2-1-3-7-15/h1-9,11,18H,10,12-13H2,(H,22,26)(H,23,24)/b14-11+/t18-/m0/s1. The van der Waals surface area contributed by atoms with Crippen LogP contribution >= 0.6 is 11.6 Å². The molecule has 1 atom stereocenters. The Morgan fingerprint density at radius 2 is 2.00 bits per heavy atom. The second-order valence-corrected chi connectivity index (χ2v) is 6.62. The molecule has 4 rings (SSSR count). The van der Waals surface area contributed by atoms with E-state index in [1.165, 1.54) is 0 Å². The third-order valence-corrected chi connectivity index (χ3v) is 4.97. The Morgan fingerprint density at radius 3 is 2.77 bits per heavy atom. The number of para-hydroxylation sites is 2. The number of hydrogen-bond donors (Lipinski definition) is 2. The number of halogens is 1. The minimum absolute atomic E-state index is 0.0588. The second kappa shape index (κ2) is 7.32. The minimum atomic E-state index is -0.0859. The highest BCUT2D eigenvalue weighted by atomic mass is 35.5. The van der Waals surface area contributed by atoms with E-state index in [0.29, 0.717) is 18.8 Å². The van der Waals surface area contributed by atoms with Gasteiger partial charge < -0.3 is 10.3 Å². The number of imidazole rings is 1. The zero-order valence-corrected chi connectivity index (χ0v) is 14.9. The van der Waals surface area contributed by atoms with Gasteiger partial charge in [-0.25, -0.2) is 4.98 Å². The van der Waals surface area contributed by atoms with E-state index < -0.39 is 0 Å². The van der Waals surface area contributed by atoms with Crippen LogP contribution in [0.3, 0.4) is 0 Å². The smallest absolute Gasteiger partial charge is 0.252 e. The van der Waals surface area contributed by atoms with E-state index in [-0.39, 0.29) is 11.9 Å². The van der Waals surface area contributed by atoms with Crippen LogP contribution in [0.5, 0.6) is 0 Å². The van der Waals surface area contributed by atoms with Crippen molar-refractivity contribution in [3.8, 4) is 0 Å². The van der Waals surface area contributed by atoms with E-state index in [4.69, 9.17) is 16.6 Å². The summed E-state index contributed by atoms with van der Waals surface area (Å²) < 4.78 is 0. The number of fused-ring (bicyclic) bond motifs is 1. The van der Waals surface area contributed by atoms with E-state index in [0.717, 1.165) is 28.9 Å². The van der Waals surface area contributed by atoms with Crippen molar-refractivity contribution < 1.29 is 4.79 Å². The number of amides is 1. The maximum Gasteiger partial charge on any atom is 0.252 e. The van der Waals surface area contributed by atoms with Crippen LogP contribution in [0, 0.1) is 0 Å². The molecule has 0 bridgehead atoms. The first-order valence-electron chi connectivity index (χ1n) is 8.54. The van der Waals surface area contributed by atoms with Crippen molar-refractivity contribution in [3.63, 3.8) is 0 Å². The minimum Gasteiger partial charge on any atom is -0.341 e. The number of benzene rings is 2. The van der Waals surface area contributed by atoms with Gasteiger partial charge in [-0.2, -0.15) is 0 Å². The zero-order valence-electron chi connectivity index (χ0n) is 14.2. The number of rotatable bonds is 4. The van der Waals surface area contributed by atoms with E-state index in [1.807, 2.05) is 42.5 Å². The molecule has 26 heavy (non-hydrogen) atoms. The van der Waals surface area contributed by atoms with Gasteiger partial charge in [0.1, 0.15) is 5.82 Å². The number of H-pyrrole nitrogens is 1. The van der Waals surface area contributed by atoms with Gasteiger partial charge in [0.15, 0.2) is 0 Å². The Balaban J connectivity index is 1.52. The van der Waals surface area contributed by atoms with Crippen molar-refractivity contribution in [2.24, 2.45) is 0 Å². The molecule has 0 spiro atoms.